The molecule has 1 aliphatic rings. The lowest BCUT2D eigenvalue weighted by Gasteiger charge is -2.22. The standard InChI is InChI=1S/C14H23NOS/c1-4-12(13-6-5-9-17-13)15-10-11-7-8-14(2,3)16-11/h5-6,9,11-12,15H,4,7-8,10H2,1-3H3. The predicted octanol–water partition coefficient (Wildman–Crippen LogP) is 3.75. The molecule has 96 valence electrons. The van der Waals surface area contributed by atoms with Crippen LogP contribution in [0.4, 0.5) is 0 Å². The molecule has 1 aromatic heterocycles. The Hall–Kier alpha value is -0.380. The molecule has 0 spiro atoms. The third-order valence-electron chi connectivity index (χ3n) is 3.44. The van der Waals surface area contributed by atoms with Crippen LogP contribution in [-0.2, 0) is 4.74 Å². The van der Waals surface area contributed by atoms with Gasteiger partial charge >= 0.3 is 0 Å². The molecule has 0 aliphatic carbocycles. The van der Waals surface area contributed by atoms with Gasteiger partial charge in [0, 0.05) is 17.5 Å². The van der Waals surface area contributed by atoms with Gasteiger partial charge in [0.05, 0.1) is 11.7 Å². The van der Waals surface area contributed by atoms with Crippen molar-refractivity contribution in [2.75, 3.05) is 6.54 Å². The van der Waals surface area contributed by atoms with E-state index >= 15 is 0 Å². The molecule has 3 heteroatoms. The first-order valence-corrected chi connectivity index (χ1v) is 7.43. The van der Waals surface area contributed by atoms with Crippen LogP contribution in [0.5, 0.6) is 0 Å². The number of thiophene rings is 1. The van der Waals surface area contributed by atoms with Crippen LogP contribution in [0.3, 0.4) is 0 Å². The van der Waals surface area contributed by atoms with Crippen molar-refractivity contribution in [3.05, 3.63) is 22.4 Å². The summed E-state index contributed by atoms with van der Waals surface area (Å²) >= 11 is 1.83. The van der Waals surface area contributed by atoms with E-state index in [2.05, 4.69) is 43.6 Å². The lowest BCUT2D eigenvalue weighted by molar-refractivity contribution is -0.0151. The Bertz CT molecular complexity index is 334. The molecule has 0 amide bonds. The quantitative estimate of drug-likeness (QED) is 0.863. The van der Waals surface area contributed by atoms with Crippen molar-refractivity contribution in [3.8, 4) is 0 Å². The van der Waals surface area contributed by atoms with E-state index in [0.717, 1.165) is 13.0 Å². The van der Waals surface area contributed by atoms with Crippen LogP contribution in [0.1, 0.15) is 51.0 Å². The highest BCUT2D eigenvalue weighted by molar-refractivity contribution is 7.10. The summed E-state index contributed by atoms with van der Waals surface area (Å²) in [6.07, 6.45) is 3.88. The third-order valence-corrected chi connectivity index (χ3v) is 4.43. The average molecular weight is 253 g/mol. The zero-order valence-corrected chi connectivity index (χ0v) is 11.8. The third kappa shape index (κ3) is 3.54. The molecule has 1 aliphatic heterocycles. The van der Waals surface area contributed by atoms with E-state index in [1.54, 1.807) is 0 Å². The van der Waals surface area contributed by atoms with Gasteiger partial charge in [0.2, 0.25) is 0 Å². The Morgan fingerprint density at radius 1 is 1.59 bits per heavy atom. The van der Waals surface area contributed by atoms with Gasteiger partial charge < -0.3 is 10.1 Å². The number of hydrogen-bond acceptors (Lipinski definition) is 3. The summed E-state index contributed by atoms with van der Waals surface area (Å²) in [4.78, 5) is 1.43. The molecule has 2 rings (SSSR count). The summed E-state index contributed by atoms with van der Waals surface area (Å²) in [6, 6.07) is 4.83. The van der Waals surface area contributed by atoms with Crippen LogP contribution in [0.25, 0.3) is 0 Å². The van der Waals surface area contributed by atoms with Crippen molar-refractivity contribution in [3.63, 3.8) is 0 Å². The van der Waals surface area contributed by atoms with E-state index in [-0.39, 0.29) is 5.60 Å². The van der Waals surface area contributed by atoms with E-state index in [1.165, 1.54) is 17.7 Å². The van der Waals surface area contributed by atoms with Gasteiger partial charge in [-0.1, -0.05) is 13.0 Å². The van der Waals surface area contributed by atoms with Crippen LogP contribution in [0, 0.1) is 0 Å². The maximum atomic E-state index is 6.00. The van der Waals surface area contributed by atoms with Crippen molar-refractivity contribution < 1.29 is 4.74 Å². The molecule has 2 nitrogen and oxygen atoms in total. The minimum atomic E-state index is 0.0803. The molecule has 2 unspecified atom stereocenters. The maximum Gasteiger partial charge on any atom is 0.0708 e. The zero-order valence-electron chi connectivity index (χ0n) is 11.0. The van der Waals surface area contributed by atoms with Crippen LogP contribution in [-0.4, -0.2) is 18.2 Å². The van der Waals surface area contributed by atoms with Crippen LogP contribution in [0.15, 0.2) is 17.5 Å². The van der Waals surface area contributed by atoms with Crippen LogP contribution < -0.4 is 5.32 Å². The molecule has 1 saturated heterocycles. The monoisotopic (exact) mass is 253 g/mol. The van der Waals surface area contributed by atoms with Gasteiger partial charge in [0.1, 0.15) is 0 Å². The van der Waals surface area contributed by atoms with Gasteiger partial charge in [0.15, 0.2) is 0 Å². The van der Waals surface area contributed by atoms with E-state index in [1.807, 2.05) is 11.3 Å². The van der Waals surface area contributed by atoms with Gasteiger partial charge in [-0.2, -0.15) is 0 Å². The lowest BCUT2D eigenvalue weighted by atomic mass is 10.1. The van der Waals surface area contributed by atoms with Crippen molar-refractivity contribution in [2.45, 2.75) is 57.8 Å². The fourth-order valence-corrected chi connectivity index (χ4v) is 3.32. The van der Waals surface area contributed by atoms with E-state index in [4.69, 9.17) is 4.74 Å². The number of rotatable bonds is 5. The zero-order chi connectivity index (χ0) is 12.3. The Morgan fingerprint density at radius 2 is 2.41 bits per heavy atom. The summed E-state index contributed by atoms with van der Waals surface area (Å²) in [5, 5.41) is 5.78. The predicted molar refractivity (Wildman–Crippen MR) is 73.5 cm³/mol. The van der Waals surface area contributed by atoms with Gasteiger partial charge in [-0.3, -0.25) is 0 Å². The Morgan fingerprint density at radius 3 is 2.94 bits per heavy atom. The molecule has 1 N–H and O–H groups in total. The Balaban J connectivity index is 1.81. The fourth-order valence-electron chi connectivity index (χ4n) is 2.43. The first-order chi connectivity index (χ1) is 8.11. The largest absolute Gasteiger partial charge is 0.371 e. The second-order valence-corrected chi connectivity index (χ2v) is 6.40. The molecule has 0 radical (unpaired) electrons. The number of nitrogens with one attached hydrogen (secondary N) is 1. The first kappa shape index (κ1) is 13.1. The summed E-state index contributed by atoms with van der Waals surface area (Å²) in [6.45, 7) is 7.57. The minimum Gasteiger partial charge on any atom is -0.371 e. The van der Waals surface area contributed by atoms with E-state index in [0.29, 0.717) is 12.1 Å². The van der Waals surface area contributed by atoms with Gasteiger partial charge in [-0.25, -0.2) is 0 Å². The molecular formula is C14H23NOS. The SMILES string of the molecule is CCC(NCC1CCC(C)(C)O1)c1cccs1. The van der Waals surface area contributed by atoms with Gasteiger partial charge in [-0.15, -0.1) is 11.3 Å². The molecular weight excluding hydrogens is 230 g/mol. The van der Waals surface area contributed by atoms with Crippen molar-refractivity contribution >= 4 is 11.3 Å². The summed E-state index contributed by atoms with van der Waals surface area (Å²) in [5.74, 6) is 0. The Labute approximate surface area is 108 Å². The highest BCUT2D eigenvalue weighted by atomic mass is 32.1. The second-order valence-electron chi connectivity index (χ2n) is 5.42. The smallest absolute Gasteiger partial charge is 0.0708 e. The number of ether oxygens (including phenoxy) is 1. The number of hydrogen-bond donors (Lipinski definition) is 1. The molecule has 1 fully saturated rings. The summed E-state index contributed by atoms with van der Waals surface area (Å²) in [7, 11) is 0. The van der Waals surface area contributed by atoms with Crippen LogP contribution in [0.2, 0.25) is 0 Å². The van der Waals surface area contributed by atoms with Crippen molar-refractivity contribution in [2.24, 2.45) is 0 Å². The van der Waals surface area contributed by atoms with Crippen molar-refractivity contribution in [1.29, 1.82) is 0 Å². The van der Waals surface area contributed by atoms with Gasteiger partial charge in [-0.05, 0) is 44.6 Å². The van der Waals surface area contributed by atoms with Crippen LogP contribution >= 0.6 is 11.3 Å². The highest BCUT2D eigenvalue weighted by Crippen LogP contribution is 2.29. The minimum absolute atomic E-state index is 0.0803. The molecule has 2 heterocycles. The topological polar surface area (TPSA) is 21.3 Å². The van der Waals surface area contributed by atoms with Gasteiger partial charge in [0.25, 0.3) is 0 Å². The van der Waals surface area contributed by atoms with E-state index < -0.39 is 0 Å². The molecule has 0 bridgehead atoms. The second kappa shape index (κ2) is 5.51. The maximum absolute atomic E-state index is 6.00. The molecule has 0 saturated carbocycles. The normalized spacial score (nSPS) is 25.0. The molecule has 2 atom stereocenters. The first-order valence-electron chi connectivity index (χ1n) is 6.55. The molecule has 0 aromatic carbocycles. The fraction of sp³-hybridized carbons (Fsp3) is 0.714. The average Bonchev–Trinajstić information content (AvgIpc) is 2.89. The van der Waals surface area contributed by atoms with E-state index in [9.17, 15) is 0 Å². The molecule has 17 heavy (non-hydrogen) atoms. The van der Waals surface area contributed by atoms with Crippen molar-refractivity contribution in [1.82, 2.24) is 5.32 Å². The Kier molecular flexibility index (Phi) is 4.23. The highest BCUT2D eigenvalue weighted by Gasteiger charge is 2.31. The summed E-state index contributed by atoms with van der Waals surface area (Å²) < 4.78 is 6.00. The lowest BCUT2D eigenvalue weighted by Crippen LogP contribution is -2.31. The molecule has 1 aromatic rings. The summed E-state index contributed by atoms with van der Waals surface area (Å²) in [5.41, 5.74) is 0.0803.